The van der Waals surface area contributed by atoms with Gasteiger partial charge in [-0.1, -0.05) is 74.6 Å². The summed E-state index contributed by atoms with van der Waals surface area (Å²) >= 11 is 0. The van der Waals surface area contributed by atoms with Crippen molar-refractivity contribution in [1.82, 2.24) is 0 Å². The van der Waals surface area contributed by atoms with Crippen molar-refractivity contribution in [2.75, 3.05) is 0 Å². The lowest BCUT2D eigenvalue weighted by molar-refractivity contribution is 0.614. The van der Waals surface area contributed by atoms with Crippen LogP contribution in [0.1, 0.15) is 61.3 Å². The molecule has 2 rings (SSSR count). The molecule has 2 aromatic rings. The third-order valence-corrected chi connectivity index (χ3v) is 4.18. The maximum Gasteiger partial charge on any atom is 0.132 e. The van der Waals surface area contributed by atoms with E-state index >= 15 is 0 Å². The molecule has 0 aliphatic carbocycles. The van der Waals surface area contributed by atoms with Gasteiger partial charge < -0.3 is 0 Å². The van der Waals surface area contributed by atoms with Crippen molar-refractivity contribution in [1.29, 1.82) is 0 Å². The Morgan fingerprint density at radius 3 is 2.32 bits per heavy atom. The summed E-state index contributed by atoms with van der Waals surface area (Å²) in [5.74, 6) is -0.236. The maximum absolute atomic E-state index is 14.1. The lowest BCUT2D eigenvalue weighted by Gasteiger charge is -2.03. The van der Waals surface area contributed by atoms with Crippen LogP contribution in [0.3, 0.4) is 0 Å². The lowest BCUT2D eigenvalue weighted by Crippen LogP contribution is -1.93. The van der Waals surface area contributed by atoms with Crippen molar-refractivity contribution in [2.24, 2.45) is 10.2 Å². The second kappa shape index (κ2) is 10.5. The van der Waals surface area contributed by atoms with E-state index in [0.29, 0.717) is 5.56 Å². The average Bonchev–Trinajstić information content (AvgIpc) is 2.61. The van der Waals surface area contributed by atoms with E-state index in [1.165, 1.54) is 37.5 Å². The molecular formula is C22H27FN2. The van der Waals surface area contributed by atoms with Gasteiger partial charge in [0.15, 0.2) is 0 Å². The molecule has 0 aromatic heterocycles. The molecule has 2 aromatic carbocycles. The van der Waals surface area contributed by atoms with E-state index in [1.54, 1.807) is 18.3 Å². The standard InChI is InChI=1S/C22H27FN2/c1-3-4-5-6-7-8-19-13-14-21(22(23)15-19)17-25-24-16-20-11-9-18(2)10-12-20/h9-17H,3-8H2,1-2H3/b24-16+,25-17+. The van der Waals surface area contributed by atoms with E-state index in [0.717, 1.165) is 24.0 Å². The molecule has 0 saturated heterocycles. The van der Waals surface area contributed by atoms with Crippen LogP contribution in [0.2, 0.25) is 0 Å². The fourth-order valence-electron chi connectivity index (χ4n) is 2.61. The highest BCUT2D eigenvalue weighted by Crippen LogP contribution is 2.13. The van der Waals surface area contributed by atoms with E-state index in [9.17, 15) is 4.39 Å². The quantitative estimate of drug-likeness (QED) is 0.300. The van der Waals surface area contributed by atoms with E-state index < -0.39 is 0 Å². The highest BCUT2D eigenvalue weighted by molar-refractivity contribution is 5.82. The summed E-state index contributed by atoms with van der Waals surface area (Å²) in [6.45, 7) is 4.25. The van der Waals surface area contributed by atoms with Gasteiger partial charge in [0.1, 0.15) is 5.82 Å². The van der Waals surface area contributed by atoms with Crippen molar-refractivity contribution in [3.63, 3.8) is 0 Å². The van der Waals surface area contributed by atoms with Gasteiger partial charge in [-0.25, -0.2) is 4.39 Å². The first-order valence-corrected chi connectivity index (χ1v) is 9.10. The Balaban J connectivity index is 1.86. The molecule has 0 saturated carbocycles. The summed E-state index contributed by atoms with van der Waals surface area (Å²) in [7, 11) is 0. The fourth-order valence-corrected chi connectivity index (χ4v) is 2.61. The smallest absolute Gasteiger partial charge is 0.132 e. The number of rotatable bonds is 9. The zero-order chi connectivity index (χ0) is 17.9. The normalized spacial score (nSPS) is 11.6. The summed E-state index contributed by atoms with van der Waals surface area (Å²) in [6.07, 6.45) is 10.2. The minimum absolute atomic E-state index is 0.236. The fraction of sp³-hybridized carbons (Fsp3) is 0.364. The second-order valence-corrected chi connectivity index (χ2v) is 6.42. The van der Waals surface area contributed by atoms with Crippen LogP contribution in [-0.4, -0.2) is 12.4 Å². The molecule has 0 unspecified atom stereocenters. The molecule has 25 heavy (non-hydrogen) atoms. The first-order chi connectivity index (χ1) is 12.2. The highest BCUT2D eigenvalue weighted by atomic mass is 19.1. The lowest BCUT2D eigenvalue weighted by atomic mass is 10.0. The number of hydrogen-bond donors (Lipinski definition) is 0. The number of hydrogen-bond acceptors (Lipinski definition) is 2. The zero-order valence-electron chi connectivity index (χ0n) is 15.2. The van der Waals surface area contributed by atoms with Crippen LogP contribution in [0, 0.1) is 12.7 Å². The molecule has 0 aliphatic rings. The van der Waals surface area contributed by atoms with Crippen LogP contribution in [0.4, 0.5) is 4.39 Å². The predicted molar refractivity (Wildman–Crippen MR) is 105 cm³/mol. The van der Waals surface area contributed by atoms with Gasteiger partial charge in [0.05, 0.1) is 12.4 Å². The molecular weight excluding hydrogens is 311 g/mol. The summed E-state index contributed by atoms with van der Waals surface area (Å²) in [5.41, 5.74) is 3.69. The Morgan fingerprint density at radius 2 is 1.60 bits per heavy atom. The van der Waals surface area contributed by atoms with Gasteiger partial charge in [-0.2, -0.15) is 10.2 Å². The van der Waals surface area contributed by atoms with Gasteiger partial charge in [-0.3, -0.25) is 0 Å². The van der Waals surface area contributed by atoms with E-state index in [4.69, 9.17) is 0 Å². The van der Waals surface area contributed by atoms with Gasteiger partial charge in [-0.05, 0) is 37.0 Å². The molecule has 0 fully saturated rings. The SMILES string of the molecule is CCCCCCCc1ccc(/C=N/N=C/c2ccc(C)cc2)c(F)c1. The van der Waals surface area contributed by atoms with E-state index in [-0.39, 0.29) is 5.82 Å². The summed E-state index contributed by atoms with van der Waals surface area (Å²) in [5, 5.41) is 7.94. The summed E-state index contributed by atoms with van der Waals surface area (Å²) in [6, 6.07) is 13.4. The van der Waals surface area contributed by atoms with Crippen molar-refractivity contribution in [3.05, 3.63) is 70.5 Å². The van der Waals surface area contributed by atoms with Crippen LogP contribution in [0.5, 0.6) is 0 Å². The Kier molecular flexibility index (Phi) is 8.03. The third kappa shape index (κ3) is 7.00. The number of unbranched alkanes of at least 4 members (excludes halogenated alkanes) is 4. The first kappa shape index (κ1) is 19.0. The Hall–Kier alpha value is -2.29. The second-order valence-electron chi connectivity index (χ2n) is 6.42. The molecule has 3 heteroatoms. The molecule has 0 heterocycles. The molecule has 0 amide bonds. The van der Waals surface area contributed by atoms with E-state index in [2.05, 4.69) is 17.1 Å². The Morgan fingerprint density at radius 1 is 0.880 bits per heavy atom. The molecule has 0 radical (unpaired) electrons. The average molecular weight is 338 g/mol. The van der Waals surface area contributed by atoms with Crippen molar-refractivity contribution >= 4 is 12.4 Å². The van der Waals surface area contributed by atoms with Crippen molar-refractivity contribution in [3.8, 4) is 0 Å². The van der Waals surface area contributed by atoms with Gasteiger partial charge in [0, 0.05) is 5.56 Å². The summed E-state index contributed by atoms with van der Waals surface area (Å²) < 4.78 is 14.1. The molecule has 132 valence electrons. The van der Waals surface area contributed by atoms with Crippen LogP contribution in [0.15, 0.2) is 52.7 Å². The minimum Gasteiger partial charge on any atom is -0.206 e. The maximum atomic E-state index is 14.1. The zero-order valence-corrected chi connectivity index (χ0v) is 15.2. The van der Waals surface area contributed by atoms with Crippen LogP contribution in [0.25, 0.3) is 0 Å². The van der Waals surface area contributed by atoms with Crippen molar-refractivity contribution in [2.45, 2.75) is 52.4 Å². The number of benzene rings is 2. The molecule has 0 atom stereocenters. The number of halogens is 1. The van der Waals surface area contributed by atoms with Gasteiger partial charge >= 0.3 is 0 Å². The monoisotopic (exact) mass is 338 g/mol. The van der Waals surface area contributed by atoms with Crippen molar-refractivity contribution < 1.29 is 4.39 Å². The van der Waals surface area contributed by atoms with Gasteiger partial charge in [0.2, 0.25) is 0 Å². The third-order valence-electron chi connectivity index (χ3n) is 4.18. The topological polar surface area (TPSA) is 24.7 Å². The minimum atomic E-state index is -0.236. The van der Waals surface area contributed by atoms with E-state index in [1.807, 2.05) is 37.3 Å². The molecule has 0 N–H and O–H groups in total. The summed E-state index contributed by atoms with van der Waals surface area (Å²) in [4.78, 5) is 0. The molecule has 0 spiro atoms. The molecule has 0 bridgehead atoms. The highest BCUT2D eigenvalue weighted by Gasteiger charge is 2.02. The number of aryl methyl sites for hydroxylation is 2. The molecule has 2 nitrogen and oxygen atoms in total. The first-order valence-electron chi connectivity index (χ1n) is 9.10. The van der Waals surface area contributed by atoms with Crippen LogP contribution < -0.4 is 0 Å². The Bertz CT molecular complexity index is 702. The molecule has 0 aliphatic heterocycles. The van der Waals surface area contributed by atoms with Gasteiger partial charge in [0.25, 0.3) is 0 Å². The predicted octanol–water partition coefficient (Wildman–Crippen LogP) is 6.10. The van der Waals surface area contributed by atoms with Crippen LogP contribution >= 0.6 is 0 Å². The largest absolute Gasteiger partial charge is 0.206 e. The Labute approximate surface area is 150 Å². The van der Waals surface area contributed by atoms with Gasteiger partial charge in [-0.15, -0.1) is 0 Å². The van der Waals surface area contributed by atoms with Crippen LogP contribution in [-0.2, 0) is 6.42 Å². The number of nitrogens with zero attached hydrogens (tertiary/aromatic N) is 2.